The normalized spacial score (nSPS) is 10.0. The van der Waals surface area contributed by atoms with E-state index in [9.17, 15) is 0 Å². The molecular weight excluding hydrogens is 302 g/mol. The van der Waals surface area contributed by atoms with Crippen LogP contribution in [0.4, 0.5) is 5.82 Å². The lowest BCUT2D eigenvalue weighted by Gasteiger charge is -2.01. The first-order valence-corrected chi connectivity index (χ1v) is 8.50. The fourth-order valence-corrected chi connectivity index (χ4v) is 2.80. The summed E-state index contributed by atoms with van der Waals surface area (Å²) in [6.45, 7) is 6.30. The Morgan fingerprint density at radius 1 is 0.913 bits per heavy atom. The number of hydrogen-bond donors (Lipinski definition) is 1. The zero-order valence-electron chi connectivity index (χ0n) is 13.9. The molecular formula is C19H23N3S. The number of anilines is 1. The van der Waals surface area contributed by atoms with Crippen LogP contribution in [0.25, 0.3) is 0 Å². The molecule has 0 atom stereocenters. The molecule has 0 aliphatic heterocycles. The highest BCUT2D eigenvalue weighted by atomic mass is 32.2. The van der Waals surface area contributed by atoms with Gasteiger partial charge in [-0.1, -0.05) is 65.2 Å². The molecule has 1 heterocycles. The van der Waals surface area contributed by atoms with Crippen LogP contribution in [0, 0.1) is 20.8 Å². The van der Waals surface area contributed by atoms with E-state index in [2.05, 4.69) is 74.4 Å². The van der Waals surface area contributed by atoms with Crippen LogP contribution in [0.3, 0.4) is 0 Å². The van der Waals surface area contributed by atoms with Crippen molar-refractivity contribution in [3.8, 4) is 0 Å². The molecule has 0 amide bonds. The van der Waals surface area contributed by atoms with Gasteiger partial charge in [-0.3, -0.25) is 0 Å². The van der Waals surface area contributed by atoms with E-state index in [1.165, 1.54) is 22.3 Å². The van der Waals surface area contributed by atoms with Gasteiger partial charge in [0.25, 0.3) is 0 Å². The maximum atomic E-state index is 5.52. The molecule has 0 saturated carbocycles. The van der Waals surface area contributed by atoms with Gasteiger partial charge in [-0.2, -0.15) is 0 Å². The van der Waals surface area contributed by atoms with Crippen LogP contribution in [-0.2, 0) is 5.75 Å². The Hall–Kier alpha value is -2.20. The van der Waals surface area contributed by atoms with E-state index in [-0.39, 0.29) is 0 Å². The molecule has 3 aromatic rings. The second kappa shape index (κ2) is 8.44. The van der Waals surface area contributed by atoms with Crippen LogP contribution in [-0.4, -0.2) is 9.19 Å². The highest BCUT2D eigenvalue weighted by molar-refractivity contribution is 7.96. The molecule has 0 aliphatic rings. The predicted molar refractivity (Wildman–Crippen MR) is 100 cm³/mol. The van der Waals surface area contributed by atoms with Gasteiger partial charge in [-0.05, 0) is 38.3 Å². The minimum Gasteiger partial charge on any atom is -0.382 e. The van der Waals surface area contributed by atoms with Gasteiger partial charge >= 0.3 is 0 Å². The number of nitrogens with two attached hydrogens (primary N) is 1. The average molecular weight is 325 g/mol. The number of nitrogen functional groups attached to an aromatic ring is 1. The lowest BCUT2D eigenvalue weighted by molar-refractivity contribution is 1.01. The highest BCUT2D eigenvalue weighted by Crippen LogP contribution is 2.15. The fraction of sp³-hybridized carbons (Fsp3) is 0.211. The Labute approximate surface area is 142 Å². The van der Waals surface area contributed by atoms with Gasteiger partial charge in [0.15, 0.2) is 0 Å². The lowest BCUT2D eigenvalue weighted by atomic mass is 10.2. The minimum absolute atomic E-state index is 0.561. The van der Waals surface area contributed by atoms with Crippen LogP contribution in [0.5, 0.6) is 0 Å². The van der Waals surface area contributed by atoms with E-state index in [0.717, 1.165) is 5.75 Å². The van der Waals surface area contributed by atoms with Gasteiger partial charge in [0.05, 0.1) is 0 Å². The van der Waals surface area contributed by atoms with E-state index >= 15 is 0 Å². The zero-order chi connectivity index (χ0) is 16.7. The van der Waals surface area contributed by atoms with Crippen molar-refractivity contribution in [3.63, 3.8) is 0 Å². The van der Waals surface area contributed by atoms with Gasteiger partial charge in [0.1, 0.15) is 5.82 Å². The molecule has 2 N–H and O–H groups in total. The molecule has 0 spiro atoms. The second-order valence-electron chi connectivity index (χ2n) is 5.56. The standard InChI is InChI=1S/C11H13N3S.C8H10/c1-9-2-4-10(5-3-9)8-15-14-7-6-11(12)13-14;1-7-4-3-5-8(2)6-7/h2-7H,8H2,1H3,(H2,12,13);3-6H,1-2H3. The van der Waals surface area contributed by atoms with Crippen LogP contribution >= 0.6 is 11.9 Å². The second-order valence-corrected chi connectivity index (χ2v) is 6.48. The van der Waals surface area contributed by atoms with E-state index < -0.39 is 0 Å². The van der Waals surface area contributed by atoms with Crippen molar-refractivity contribution >= 4 is 17.8 Å². The van der Waals surface area contributed by atoms with Gasteiger partial charge in [-0.15, -0.1) is 5.10 Å². The molecule has 23 heavy (non-hydrogen) atoms. The fourth-order valence-electron chi connectivity index (χ4n) is 2.02. The van der Waals surface area contributed by atoms with E-state index in [1.54, 1.807) is 22.1 Å². The summed E-state index contributed by atoms with van der Waals surface area (Å²) in [5.74, 6) is 1.47. The first kappa shape index (κ1) is 17.2. The summed E-state index contributed by atoms with van der Waals surface area (Å²) in [5, 5.41) is 4.10. The number of nitrogens with zero attached hydrogens (tertiary/aromatic N) is 2. The van der Waals surface area contributed by atoms with Crippen molar-refractivity contribution in [2.75, 3.05) is 5.73 Å². The van der Waals surface area contributed by atoms with Crippen LogP contribution < -0.4 is 5.73 Å². The predicted octanol–water partition coefficient (Wildman–Crippen LogP) is 4.77. The van der Waals surface area contributed by atoms with Crippen LogP contribution in [0.15, 0.2) is 60.8 Å². The Bertz CT molecular complexity index is 715. The average Bonchev–Trinajstić information content (AvgIpc) is 2.93. The lowest BCUT2D eigenvalue weighted by Crippen LogP contribution is -1.91. The quantitative estimate of drug-likeness (QED) is 0.754. The zero-order valence-corrected chi connectivity index (χ0v) is 14.7. The SMILES string of the molecule is Cc1ccc(CSn2ccc(N)n2)cc1.Cc1cccc(C)c1. The smallest absolute Gasteiger partial charge is 0.146 e. The third kappa shape index (κ3) is 6.20. The summed E-state index contributed by atoms with van der Waals surface area (Å²) in [4.78, 5) is 0. The van der Waals surface area contributed by atoms with Gasteiger partial charge in [0, 0.05) is 18.0 Å². The number of rotatable bonds is 3. The Kier molecular flexibility index (Phi) is 6.29. The Morgan fingerprint density at radius 3 is 2.04 bits per heavy atom. The first-order chi connectivity index (χ1) is 11.0. The summed E-state index contributed by atoms with van der Waals surface area (Å²) in [7, 11) is 0. The van der Waals surface area contributed by atoms with Crippen molar-refractivity contribution in [3.05, 3.63) is 83.0 Å². The van der Waals surface area contributed by atoms with Gasteiger partial charge < -0.3 is 5.73 Å². The van der Waals surface area contributed by atoms with E-state index in [1.807, 2.05) is 6.20 Å². The van der Waals surface area contributed by atoms with Crippen LogP contribution in [0.2, 0.25) is 0 Å². The number of hydrogen-bond acceptors (Lipinski definition) is 3. The van der Waals surface area contributed by atoms with Gasteiger partial charge in [-0.25, -0.2) is 4.09 Å². The summed E-state index contributed by atoms with van der Waals surface area (Å²) in [5.41, 5.74) is 10.8. The van der Waals surface area contributed by atoms with Gasteiger partial charge in [0.2, 0.25) is 0 Å². The third-order valence-corrected chi connectivity index (χ3v) is 4.17. The molecule has 0 unspecified atom stereocenters. The Morgan fingerprint density at radius 2 is 1.57 bits per heavy atom. The molecule has 4 heteroatoms. The first-order valence-electron chi connectivity index (χ1n) is 7.56. The van der Waals surface area contributed by atoms with Crippen LogP contribution in [0.1, 0.15) is 22.3 Å². The highest BCUT2D eigenvalue weighted by Gasteiger charge is 1.97. The molecule has 3 nitrogen and oxygen atoms in total. The third-order valence-electron chi connectivity index (χ3n) is 3.24. The number of aromatic nitrogens is 2. The number of aryl methyl sites for hydroxylation is 3. The molecule has 1 aromatic heterocycles. The summed E-state index contributed by atoms with van der Waals surface area (Å²) < 4.78 is 1.79. The molecule has 2 aromatic carbocycles. The summed E-state index contributed by atoms with van der Waals surface area (Å²) in [6, 6.07) is 18.7. The molecule has 120 valence electrons. The topological polar surface area (TPSA) is 43.8 Å². The molecule has 0 bridgehead atoms. The largest absolute Gasteiger partial charge is 0.382 e. The Balaban J connectivity index is 0.000000203. The van der Waals surface area contributed by atoms with Crippen molar-refractivity contribution < 1.29 is 0 Å². The van der Waals surface area contributed by atoms with E-state index in [0.29, 0.717) is 5.82 Å². The van der Waals surface area contributed by atoms with Crippen molar-refractivity contribution in [2.45, 2.75) is 26.5 Å². The maximum Gasteiger partial charge on any atom is 0.146 e. The molecule has 0 fully saturated rings. The van der Waals surface area contributed by atoms with Crippen molar-refractivity contribution in [1.29, 1.82) is 0 Å². The monoisotopic (exact) mass is 325 g/mol. The van der Waals surface area contributed by atoms with Crippen molar-refractivity contribution in [2.24, 2.45) is 0 Å². The van der Waals surface area contributed by atoms with E-state index in [4.69, 9.17) is 5.73 Å². The molecule has 0 aliphatic carbocycles. The maximum absolute atomic E-state index is 5.52. The summed E-state index contributed by atoms with van der Waals surface area (Å²) in [6.07, 6.45) is 1.87. The minimum atomic E-state index is 0.561. The molecule has 3 rings (SSSR count). The van der Waals surface area contributed by atoms with Crippen molar-refractivity contribution in [1.82, 2.24) is 9.19 Å². The molecule has 0 saturated heterocycles. The molecule has 0 radical (unpaired) electrons. The number of benzene rings is 2. The summed E-state index contributed by atoms with van der Waals surface area (Å²) >= 11 is 1.63.